The zero-order valence-electron chi connectivity index (χ0n) is 9.22. The second-order valence-corrected chi connectivity index (χ2v) is 4.53. The van der Waals surface area contributed by atoms with E-state index < -0.39 is 0 Å². The van der Waals surface area contributed by atoms with Gasteiger partial charge in [-0.15, -0.1) is 0 Å². The normalized spacial score (nSPS) is 27.3. The Balaban J connectivity index is 2.23. The summed E-state index contributed by atoms with van der Waals surface area (Å²) in [6.45, 7) is 2.28. The molecule has 1 fully saturated rings. The Bertz CT molecular complexity index is 332. The molecule has 82 valence electrons. The number of hydrogen-bond acceptors (Lipinski definition) is 2. The summed E-state index contributed by atoms with van der Waals surface area (Å²) in [5, 5.41) is 0. The molecule has 1 saturated carbocycles. The number of carbonyl (C=O) groups is 1. The smallest absolute Gasteiger partial charge is 0.168 e. The zero-order valence-corrected chi connectivity index (χ0v) is 9.22. The molecular weight excluding hydrogens is 188 g/mol. The van der Waals surface area contributed by atoms with Crippen LogP contribution in [0.15, 0.2) is 12.5 Å². The highest BCUT2D eigenvalue weighted by atomic mass is 16.1. The Kier molecular flexibility index (Phi) is 3.19. The van der Waals surface area contributed by atoms with E-state index in [0.717, 1.165) is 6.29 Å². The van der Waals surface area contributed by atoms with E-state index in [1.165, 1.54) is 32.1 Å². The molecule has 1 aliphatic carbocycles. The topological polar surface area (TPSA) is 34.9 Å². The number of imidazole rings is 1. The maximum absolute atomic E-state index is 10.9. The number of nitrogens with zero attached hydrogens (tertiary/aromatic N) is 2. The maximum atomic E-state index is 10.9. The van der Waals surface area contributed by atoms with Crippen molar-refractivity contribution in [3.63, 3.8) is 0 Å². The van der Waals surface area contributed by atoms with E-state index in [1.54, 1.807) is 12.5 Å². The minimum absolute atomic E-state index is 0.468. The van der Waals surface area contributed by atoms with Crippen LogP contribution in [0.5, 0.6) is 0 Å². The summed E-state index contributed by atoms with van der Waals surface area (Å²) in [5.74, 6) is 0.653. The second-order valence-electron chi connectivity index (χ2n) is 4.53. The minimum Gasteiger partial charge on any atom is -0.325 e. The molecule has 0 N–H and O–H groups in total. The van der Waals surface area contributed by atoms with Crippen molar-refractivity contribution in [2.75, 3.05) is 0 Å². The lowest BCUT2D eigenvalue weighted by Crippen LogP contribution is -2.17. The fourth-order valence-electron chi connectivity index (χ4n) is 2.57. The van der Waals surface area contributed by atoms with Crippen LogP contribution >= 0.6 is 0 Å². The number of carbonyl (C=O) groups excluding carboxylic acids is 1. The van der Waals surface area contributed by atoms with E-state index in [0.29, 0.717) is 17.7 Å². The van der Waals surface area contributed by atoms with Gasteiger partial charge in [-0.3, -0.25) is 4.79 Å². The number of rotatable bonds is 2. The molecule has 3 heteroatoms. The molecule has 0 saturated heterocycles. The van der Waals surface area contributed by atoms with Gasteiger partial charge in [-0.05, 0) is 18.8 Å². The molecular formula is C12H18N2O. The summed E-state index contributed by atoms with van der Waals surface area (Å²) in [5.41, 5.74) is 0.716. The average Bonchev–Trinajstić information content (AvgIpc) is 2.61. The third-order valence-corrected chi connectivity index (χ3v) is 3.49. The van der Waals surface area contributed by atoms with Gasteiger partial charge in [0.05, 0.1) is 12.5 Å². The van der Waals surface area contributed by atoms with Crippen LogP contribution in [-0.2, 0) is 0 Å². The standard InChI is InChI=1S/C12H18N2O/c1-10-5-3-2-4-6-12(10)14-9-13-7-11(14)8-15/h7-10,12H,2-6H2,1H3. The van der Waals surface area contributed by atoms with Crippen LogP contribution in [0.1, 0.15) is 55.6 Å². The molecule has 3 nitrogen and oxygen atoms in total. The largest absolute Gasteiger partial charge is 0.325 e. The maximum Gasteiger partial charge on any atom is 0.168 e. The predicted octanol–water partition coefficient (Wildman–Crippen LogP) is 2.84. The first kappa shape index (κ1) is 10.4. The fourth-order valence-corrected chi connectivity index (χ4v) is 2.57. The van der Waals surface area contributed by atoms with Crippen LogP contribution in [0.25, 0.3) is 0 Å². The monoisotopic (exact) mass is 206 g/mol. The molecule has 0 radical (unpaired) electrons. The molecule has 0 aromatic carbocycles. The summed E-state index contributed by atoms with van der Waals surface area (Å²) in [6.07, 6.45) is 10.7. The van der Waals surface area contributed by atoms with Gasteiger partial charge in [0, 0.05) is 6.04 Å². The van der Waals surface area contributed by atoms with E-state index >= 15 is 0 Å². The molecule has 0 spiro atoms. The summed E-state index contributed by atoms with van der Waals surface area (Å²) in [4.78, 5) is 14.9. The zero-order chi connectivity index (χ0) is 10.7. The molecule has 2 unspecified atom stereocenters. The minimum atomic E-state index is 0.468. The fraction of sp³-hybridized carbons (Fsp3) is 0.667. The van der Waals surface area contributed by atoms with Gasteiger partial charge in [-0.25, -0.2) is 4.98 Å². The molecule has 0 aliphatic heterocycles. The van der Waals surface area contributed by atoms with Crippen molar-refractivity contribution >= 4 is 6.29 Å². The van der Waals surface area contributed by atoms with E-state index in [-0.39, 0.29) is 0 Å². The molecule has 0 bridgehead atoms. The van der Waals surface area contributed by atoms with Gasteiger partial charge in [0.25, 0.3) is 0 Å². The Morgan fingerprint density at radius 1 is 1.40 bits per heavy atom. The van der Waals surface area contributed by atoms with E-state index in [9.17, 15) is 4.79 Å². The van der Waals surface area contributed by atoms with Gasteiger partial charge in [0.2, 0.25) is 0 Å². The molecule has 1 aromatic rings. The van der Waals surface area contributed by atoms with Crippen molar-refractivity contribution in [1.29, 1.82) is 0 Å². The lowest BCUT2D eigenvalue weighted by atomic mass is 9.96. The van der Waals surface area contributed by atoms with Gasteiger partial charge in [-0.2, -0.15) is 0 Å². The first-order chi connectivity index (χ1) is 7.33. The highest BCUT2D eigenvalue weighted by Crippen LogP contribution is 2.32. The summed E-state index contributed by atoms with van der Waals surface area (Å²) < 4.78 is 2.06. The average molecular weight is 206 g/mol. The lowest BCUT2D eigenvalue weighted by molar-refractivity contribution is 0.111. The van der Waals surface area contributed by atoms with Gasteiger partial charge in [0.1, 0.15) is 5.69 Å². The third-order valence-electron chi connectivity index (χ3n) is 3.49. The van der Waals surface area contributed by atoms with E-state index in [1.807, 2.05) is 0 Å². The molecule has 1 aromatic heterocycles. The molecule has 1 aliphatic rings. The second kappa shape index (κ2) is 4.60. The molecule has 2 rings (SSSR count). The number of aldehydes is 1. The molecule has 15 heavy (non-hydrogen) atoms. The van der Waals surface area contributed by atoms with Gasteiger partial charge in [-0.1, -0.05) is 26.2 Å². The van der Waals surface area contributed by atoms with Crippen molar-refractivity contribution in [1.82, 2.24) is 9.55 Å². The quantitative estimate of drug-likeness (QED) is 0.551. The molecule has 1 heterocycles. The van der Waals surface area contributed by atoms with Gasteiger partial charge in [0.15, 0.2) is 6.29 Å². The van der Waals surface area contributed by atoms with Crippen molar-refractivity contribution in [2.24, 2.45) is 5.92 Å². The number of hydrogen-bond donors (Lipinski definition) is 0. The summed E-state index contributed by atoms with van der Waals surface area (Å²) in [7, 11) is 0. The van der Waals surface area contributed by atoms with Crippen molar-refractivity contribution in [2.45, 2.75) is 45.1 Å². The Hall–Kier alpha value is -1.12. The van der Waals surface area contributed by atoms with Crippen LogP contribution in [0.3, 0.4) is 0 Å². The first-order valence-corrected chi connectivity index (χ1v) is 5.80. The van der Waals surface area contributed by atoms with E-state index in [2.05, 4.69) is 16.5 Å². The summed E-state index contributed by atoms with van der Waals surface area (Å²) in [6, 6.07) is 0.468. The van der Waals surface area contributed by atoms with Crippen molar-refractivity contribution < 1.29 is 4.79 Å². The van der Waals surface area contributed by atoms with E-state index in [4.69, 9.17) is 0 Å². The van der Waals surface area contributed by atoms with Crippen LogP contribution in [0.2, 0.25) is 0 Å². The predicted molar refractivity (Wildman–Crippen MR) is 58.9 cm³/mol. The number of aromatic nitrogens is 2. The highest BCUT2D eigenvalue weighted by Gasteiger charge is 2.22. The van der Waals surface area contributed by atoms with Gasteiger partial charge >= 0.3 is 0 Å². The first-order valence-electron chi connectivity index (χ1n) is 5.80. The Labute approximate surface area is 90.5 Å². The Morgan fingerprint density at radius 3 is 3.00 bits per heavy atom. The van der Waals surface area contributed by atoms with Gasteiger partial charge < -0.3 is 4.57 Å². The SMILES string of the molecule is CC1CCCCCC1n1cncc1C=O. The van der Waals surface area contributed by atoms with Crippen LogP contribution in [-0.4, -0.2) is 15.8 Å². The molecule has 0 amide bonds. The highest BCUT2D eigenvalue weighted by molar-refractivity contribution is 5.71. The van der Waals surface area contributed by atoms with Crippen molar-refractivity contribution in [3.8, 4) is 0 Å². The molecule has 2 atom stereocenters. The van der Waals surface area contributed by atoms with Crippen LogP contribution in [0.4, 0.5) is 0 Å². The van der Waals surface area contributed by atoms with Crippen LogP contribution < -0.4 is 0 Å². The van der Waals surface area contributed by atoms with Crippen LogP contribution in [0, 0.1) is 5.92 Å². The summed E-state index contributed by atoms with van der Waals surface area (Å²) >= 11 is 0. The lowest BCUT2D eigenvalue weighted by Gasteiger charge is -2.23. The van der Waals surface area contributed by atoms with Crippen molar-refractivity contribution in [3.05, 3.63) is 18.2 Å². The Morgan fingerprint density at radius 2 is 2.20 bits per heavy atom. The third kappa shape index (κ3) is 2.11.